The zero-order valence-corrected chi connectivity index (χ0v) is 14.8. The number of hydrogen-bond acceptors (Lipinski definition) is 5. The molecule has 7 nitrogen and oxygen atoms in total. The fourth-order valence-corrected chi connectivity index (χ4v) is 4.21. The van der Waals surface area contributed by atoms with Crippen LogP contribution in [0, 0.1) is 0 Å². The largest absolute Gasteiger partial charge is 0.454 e. The molecule has 2 aromatic rings. The van der Waals surface area contributed by atoms with E-state index in [9.17, 15) is 9.59 Å². The van der Waals surface area contributed by atoms with E-state index < -0.39 is 0 Å². The highest BCUT2D eigenvalue weighted by molar-refractivity contribution is 8.00. The molecule has 1 aromatic heterocycles. The third-order valence-electron chi connectivity index (χ3n) is 4.59. The molecule has 1 amide bonds. The summed E-state index contributed by atoms with van der Waals surface area (Å²) >= 11 is 1.44. The van der Waals surface area contributed by atoms with Crippen molar-refractivity contribution in [3.8, 4) is 11.5 Å². The molecule has 132 valence electrons. The SMILES string of the molecule is CC[C@H](C)n1[nH]c(=O)c2c1NC(=O)CS[C@H]2c1ccc2c(c1)OCO2. The van der Waals surface area contributed by atoms with Gasteiger partial charge >= 0.3 is 0 Å². The normalized spacial score (nSPS) is 19.9. The first-order chi connectivity index (χ1) is 12.1. The average Bonchev–Trinajstić information content (AvgIpc) is 3.15. The first-order valence-corrected chi connectivity index (χ1v) is 9.28. The Bertz CT molecular complexity index is 889. The van der Waals surface area contributed by atoms with Crippen LogP contribution >= 0.6 is 11.8 Å². The van der Waals surface area contributed by atoms with E-state index in [1.807, 2.05) is 32.0 Å². The lowest BCUT2D eigenvalue weighted by Crippen LogP contribution is -2.18. The van der Waals surface area contributed by atoms with E-state index in [0.29, 0.717) is 22.9 Å². The number of carbonyl (C=O) groups is 1. The lowest BCUT2D eigenvalue weighted by atomic mass is 10.1. The van der Waals surface area contributed by atoms with E-state index >= 15 is 0 Å². The van der Waals surface area contributed by atoms with Crippen molar-refractivity contribution in [1.29, 1.82) is 0 Å². The number of H-pyrrole nitrogens is 1. The summed E-state index contributed by atoms with van der Waals surface area (Å²) in [5.74, 6) is 2.11. The Morgan fingerprint density at radius 2 is 2.12 bits per heavy atom. The van der Waals surface area contributed by atoms with Gasteiger partial charge < -0.3 is 14.8 Å². The van der Waals surface area contributed by atoms with E-state index in [2.05, 4.69) is 10.4 Å². The predicted molar refractivity (Wildman–Crippen MR) is 95.6 cm³/mol. The second-order valence-corrected chi connectivity index (χ2v) is 7.28. The molecule has 0 radical (unpaired) electrons. The number of carbonyl (C=O) groups excluding carboxylic acids is 1. The van der Waals surface area contributed by atoms with Crippen molar-refractivity contribution >= 4 is 23.5 Å². The molecule has 1 aromatic carbocycles. The third kappa shape index (κ3) is 2.70. The fraction of sp³-hybridized carbons (Fsp3) is 0.412. The van der Waals surface area contributed by atoms with E-state index in [1.165, 1.54) is 11.8 Å². The lowest BCUT2D eigenvalue weighted by Gasteiger charge is -2.16. The smallest absolute Gasteiger partial charge is 0.270 e. The topological polar surface area (TPSA) is 85.4 Å². The van der Waals surface area contributed by atoms with E-state index in [4.69, 9.17) is 9.47 Å². The number of anilines is 1. The van der Waals surface area contributed by atoms with Gasteiger partial charge in [0.05, 0.1) is 16.6 Å². The molecule has 0 bridgehead atoms. The van der Waals surface area contributed by atoms with E-state index in [1.54, 1.807) is 4.68 Å². The van der Waals surface area contributed by atoms with Gasteiger partial charge in [0, 0.05) is 6.04 Å². The molecule has 0 fully saturated rings. The summed E-state index contributed by atoms with van der Waals surface area (Å²) in [5.41, 5.74) is 1.32. The fourth-order valence-electron chi connectivity index (χ4n) is 3.10. The van der Waals surface area contributed by atoms with Gasteiger partial charge in [-0.2, -0.15) is 0 Å². The van der Waals surface area contributed by atoms with Crippen LogP contribution in [0.15, 0.2) is 23.0 Å². The number of hydrogen-bond donors (Lipinski definition) is 2. The first kappa shape index (κ1) is 16.1. The molecule has 2 N–H and O–H groups in total. The van der Waals surface area contributed by atoms with E-state index in [0.717, 1.165) is 12.0 Å². The Hall–Kier alpha value is -2.35. The first-order valence-electron chi connectivity index (χ1n) is 8.24. The summed E-state index contributed by atoms with van der Waals surface area (Å²) in [4.78, 5) is 24.9. The highest BCUT2D eigenvalue weighted by Gasteiger charge is 2.32. The van der Waals surface area contributed by atoms with Gasteiger partial charge in [0.2, 0.25) is 12.7 Å². The zero-order valence-electron chi connectivity index (χ0n) is 14.0. The van der Waals surface area contributed by atoms with Gasteiger partial charge in [-0.05, 0) is 31.0 Å². The number of fused-ring (bicyclic) bond motifs is 2. The molecule has 0 aliphatic carbocycles. The maximum Gasteiger partial charge on any atom is 0.270 e. The van der Waals surface area contributed by atoms with Crippen LogP contribution in [-0.4, -0.2) is 28.2 Å². The summed E-state index contributed by atoms with van der Waals surface area (Å²) in [6.07, 6.45) is 0.842. The summed E-state index contributed by atoms with van der Waals surface area (Å²) in [6, 6.07) is 5.74. The zero-order chi connectivity index (χ0) is 17.6. The van der Waals surface area contributed by atoms with Gasteiger partial charge in [-0.1, -0.05) is 13.0 Å². The van der Waals surface area contributed by atoms with Crippen LogP contribution in [0.4, 0.5) is 5.82 Å². The van der Waals surface area contributed by atoms with Crippen LogP contribution in [0.2, 0.25) is 0 Å². The Labute approximate surface area is 148 Å². The van der Waals surface area contributed by atoms with Gasteiger partial charge in [-0.15, -0.1) is 11.8 Å². The molecule has 3 heterocycles. The standard InChI is InChI=1S/C17H19N3O4S/c1-3-9(2)20-16-14(17(22)19-20)15(25-7-13(21)18-16)10-4-5-11-12(6-10)24-8-23-11/h4-6,9,15H,3,7-8H2,1-2H3,(H,18,21)(H,19,22)/t9-,15-/m0/s1. The molecule has 0 saturated heterocycles. The Morgan fingerprint density at radius 1 is 1.32 bits per heavy atom. The Morgan fingerprint density at radius 3 is 2.92 bits per heavy atom. The molecule has 0 unspecified atom stereocenters. The lowest BCUT2D eigenvalue weighted by molar-refractivity contribution is -0.113. The maximum absolute atomic E-state index is 12.7. The number of aromatic amines is 1. The molecular weight excluding hydrogens is 342 g/mol. The van der Waals surface area contributed by atoms with Gasteiger partial charge in [0.1, 0.15) is 5.82 Å². The Balaban J connectivity index is 1.84. The summed E-state index contributed by atoms with van der Waals surface area (Å²) in [7, 11) is 0. The number of thioether (sulfide) groups is 1. The molecule has 2 aliphatic rings. The third-order valence-corrected chi connectivity index (χ3v) is 5.86. The minimum Gasteiger partial charge on any atom is -0.454 e. The van der Waals surface area contributed by atoms with Crippen molar-refractivity contribution in [3.05, 3.63) is 39.7 Å². The summed E-state index contributed by atoms with van der Waals surface area (Å²) in [5, 5.41) is 5.53. The second kappa shape index (κ2) is 6.18. The monoisotopic (exact) mass is 361 g/mol. The van der Waals surface area contributed by atoms with Crippen LogP contribution in [0.1, 0.15) is 42.7 Å². The van der Waals surface area contributed by atoms with Crippen molar-refractivity contribution < 1.29 is 14.3 Å². The minimum absolute atomic E-state index is 0.0808. The quantitative estimate of drug-likeness (QED) is 0.878. The molecular formula is C17H19N3O4S. The van der Waals surface area contributed by atoms with Gasteiger partial charge in [0.25, 0.3) is 5.56 Å². The number of nitrogens with one attached hydrogen (secondary N) is 2. The molecule has 0 spiro atoms. The van der Waals surface area contributed by atoms with Crippen LogP contribution in [0.3, 0.4) is 0 Å². The van der Waals surface area contributed by atoms with E-state index in [-0.39, 0.29) is 35.3 Å². The second-order valence-electron chi connectivity index (χ2n) is 6.18. The summed E-state index contributed by atoms with van der Waals surface area (Å²) in [6.45, 7) is 4.25. The molecule has 2 atom stereocenters. The van der Waals surface area contributed by atoms with Crippen LogP contribution < -0.4 is 20.3 Å². The molecule has 4 rings (SSSR count). The number of rotatable bonds is 3. The van der Waals surface area contributed by atoms with Crippen LogP contribution in [0.5, 0.6) is 11.5 Å². The number of benzene rings is 1. The maximum atomic E-state index is 12.7. The predicted octanol–water partition coefficient (Wildman–Crippen LogP) is 2.65. The Kier molecular flexibility index (Phi) is 3.99. The van der Waals surface area contributed by atoms with Gasteiger partial charge in [-0.3, -0.25) is 19.4 Å². The van der Waals surface area contributed by atoms with Crippen molar-refractivity contribution in [2.75, 3.05) is 17.9 Å². The van der Waals surface area contributed by atoms with Gasteiger partial charge in [0.15, 0.2) is 11.5 Å². The molecule has 0 saturated carbocycles. The highest BCUT2D eigenvalue weighted by Crippen LogP contribution is 2.43. The number of aromatic nitrogens is 2. The van der Waals surface area contributed by atoms with Crippen molar-refractivity contribution in [2.24, 2.45) is 0 Å². The van der Waals surface area contributed by atoms with Crippen LogP contribution in [-0.2, 0) is 4.79 Å². The van der Waals surface area contributed by atoms with Crippen molar-refractivity contribution in [3.63, 3.8) is 0 Å². The summed E-state index contributed by atoms with van der Waals surface area (Å²) < 4.78 is 12.6. The number of amides is 1. The molecule has 25 heavy (non-hydrogen) atoms. The number of ether oxygens (including phenoxy) is 2. The van der Waals surface area contributed by atoms with Gasteiger partial charge in [-0.25, -0.2) is 0 Å². The molecule has 8 heteroatoms. The highest BCUT2D eigenvalue weighted by atomic mass is 32.2. The number of nitrogens with zero attached hydrogens (tertiary/aromatic N) is 1. The average molecular weight is 361 g/mol. The minimum atomic E-state index is -0.252. The van der Waals surface area contributed by atoms with Crippen LogP contribution in [0.25, 0.3) is 0 Å². The molecule has 2 aliphatic heterocycles. The van der Waals surface area contributed by atoms with Crippen molar-refractivity contribution in [1.82, 2.24) is 9.78 Å². The van der Waals surface area contributed by atoms with Crippen molar-refractivity contribution in [2.45, 2.75) is 31.6 Å².